The van der Waals surface area contributed by atoms with Crippen LogP contribution in [0.3, 0.4) is 0 Å². The molecule has 0 fully saturated rings. The molecule has 0 aliphatic carbocycles. The molecule has 0 aromatic carbocycles. The van der Waals surface area contributed by atoms with Crippen LogP contribution in [-0.2, 0) is 31.9 Å². The third-order valence-corrected chi connectivity index (χ3v) is 3.78. The second kappa shape index (κ2) is 6.19. The molecule has 3 rings (SSSR count). The summed E-state index contributed by atoms with van der Waals surface area (Å²) in [7, 11) is 3.18. The van der Waals surface area contributed by atoms with E-state index in [0.717, 1.165) is 10.3 Å². The van der Waals surface area contributed by atoms with E-state index in [-0.39, 0.29) is 12.1 Å². The van der Waals surface area contributed by atoms with Crippen LogP contribution in [0.4, 0.5) is 0 Å². The van der Waals surface area contributed by atoms with Crippen LogP contribution in [0.25, 0.3) is 11.2 Å². The van der Waals surface area contributed by atoms with Gasteiger partial charge in [0, 0.05) is 27.1 Å². The Labute approximate surface area is 136 Å². The van der Waals surface area contributed by atoms with Gasteiger partial charge in [-0.05, 0) is 12.1 Å². The first kappa shape index (κ1) is 15.8. The van der Waals surface area contributed by atoms with E-state index in [1.165, 1.54) is 22.5 Å². The lowest BCUT2D eigenvalue weighted by atomic mass is 10.3. The van der Waals surface area contributed by atoms with Crippen LogP contribution in [0.1, 0.15) is 5.76 Å². The van der Waals surface area contributed by atoms with Crippen molar-refractivity contribution in [3.05, 3.63) is 51.3 Å². The van der Waals surface area contributed by atoms with E-state index >= 15 is 0 Å². The standard InChI is InChI=1S/C15H17N5O4/c1-18-9-17-13-12(18)14(22)20(15(23)19(13)2)8-11(21)16-6-5-10-4-3-7-24-10/h3-4,7,9H,5-6,8H2,1-2H3,(H,16,21). The fraction of sp³-hybridized carbons (Fsp3) is 0.333. The first-order chi connectivity index (χ1) is 11.5. The van der Waals surface area contributed by atoms with E-state index in [0.29, 0.717) is 18.6 Å². The summed E-state index contributed by atoms with van der Waals surface area (Å²) in [5.41, 5.74) is -0.538. The first-order valence-corrected chi connectivity index (χ1v) is 7.39. The van der Waals surface area contributed by atoms with E-state index in [2.05, 4.69) is 10.3 Å². The van der Waals surface area contributed by atoms with E-state index < -0.39 is 17.2 Å². The number of nitrogens with zero attached hydrogens (tertiary/aromatic N) is 4. The summed E-state index contributed by atoms with van der Waals surface area (Å²) in [5.74, 6) is 0.335. The van der Waals surface area contributed by atoms with Crippen LogP contribution >= 0.6 is 0 Å². The Morgan fingerprint density at radius 1 is 1.33 bits per heavy atom. The number of imidazole rings is 1. The van der Waals surface area contributed by atoms with Gasteiger partial charge in [-0.25, -0.2) is 14.3 Å². The molecule has 3 aromatic heterocycles. The van der Waals surface area contributed by atoms with Crippen molar-refractivity contribution in [3.63, 3.8) is 0 Å². The smallest absolute Gasteiger partial charge is 0.332 e. The number of furan rings is 1. The molecule has 3 heterocycles. The number of carbonyl (C=O) groups is 1. The molecule has 9 nitrogen and oxygen atoms in total. The molecule has 0 aliphatic rings. The number of aromatic nitrogens is 4. The molecule has 0 bridgehead atoms. The zero-order chi connectivity index (χ0) is 17.3. The van der Waals surface area contributed by atoms with E-state index in [4.69, 9.17) is 4.42 Å². The molecule has 1 amide bonds. The van der Waals surface area contributed by atoms with Crippen molar-refractivity contribution in [2.45, 2.75) is 13.0 Å². The van der Waals surface area contributed by atoms with Gasteiger partial charge in [0.2, 0.25) is 5.91 Å². The largest absolute Gasteiger partial charge is 0.469 e. The summed E-state index contributed by atoms with van der Waals surface area (Å²) in [6.45, 7) is 0.0140. The summed E-state index contributed by atoms with van der Waals surface area (Å²) in [4.78, 5) is 40.8. The highest BCUT2D eigenvalue weighted by Crippen LogP contribution is 2.03. The van der Waals surface area contributed by atoms with Gasteiger partial charge in [0.05, 0.1) is 12.6 Å². The van der Waals surface area contributed by atoms with Crippen LogP contribution in [0.5, 0.6) is 0 Å². The van der Waals surface area contributed by atoms with Crippen LogP contribution in [-0.4, -0.2) is 31.1 Å². The van der Waals surface area contributed by atoms with Gasteiger partial charge in [-0.2, -0.15) is 0 Å². The number of aryl methyl sites for hydroxylation is 2. The molecule has 24 heavy (non-hydrogen) atoms. The van der Waals surface area contributed by atoms with Gasteiger partial charge in [0.1, 0.15) is 12.3 Å². The summed E-state index contributed by atoms with van der Waals surface area (Å²) < 4.78 is 8.87. The Morgan fingerprint density at radius 3 is 2.83 bits per heavy atom. The first-order valence-electron chi connectivity index (χ1n) is 7.39. The highest BCUT2D eigenvalue weighted by molar-refractivity contribution is 5.76. The van der Waals surface area contributed by atoms with Crippen molar-refractivity contribution in [1.29, 1.82) is 0 Å². The fourth-order valence-electron chi connectivity index (χ4n) is 2.52. The van der Waals surface area contributed by atoms with Gasteiger partial charge >= 0.3 is 5.69 Å². The molecule has 9 heteroatoms. The Balaban J connectivity index is 1.79. The van der Waals surface area contributed by atoms with Gasteiger partial charge in [0.15, 0.2) is 11.2 Å². The van der Waals surface area contributed by atoms with E-state index in [9.17, 15) is 14.4 Å². The lowest BCUT2D eigenvalue weighted by molar-refractivity contribution is -0.121. The second-order valence-corrected chi connectivity index (χ2v) is 5.44. The second-order valence-electron chi connectivity index (χ2n) is 5.44. The van der Waals surface area contributed by atoms with Crippen molar-refractivity contribution >= 4 is 17.1 Å². The molecule has 0 atom stereocenters. The molecular weight excluding hydrogens is 314 g/mol. The molecule has 3 aromatic rings. The average molecular weight is 331 g/mol. The molecule has 0 saturated heterocycles. The van der Waals surface area contributed by atoms with E-state index in [1.54, 1.807) is 19.4 Å². The Bertz CT molecular complexity index is 993. The van der Waals surface area contributed by atoms with Gasteiger partial charge in [-0.3, -0.25) is 14.2 Å². The predicted octanol–water partition coefficient (Wildman–Crippen LogP) is -0.614. The number of hydrogen-bond donors (Lipinski definition) is 1. The zero-order valence-corrected chi connectivity index (χ0v) is 13.4. The highest BCUT2D eigenvalue weighted by Gasteiger charge is 2.16. The molecule has 0 radical (unpaired) electrons. The number of nitrogens with one attached hydrogen (secondary N) is 1. The van der Waals surface area contributed by atoms with Crippen LogP contribution in [0.2, 0.25) is 0 Å². The monoisotopic (exact) mass is 331 g/mol. The van der Waals surface area contributed by atoms with Gasteiger partial charge in [0.25, 0.3) is 5.56 Å². The molecule has 0 unspecified atom stereocenters. The van der Waals surface area contributed by atoms with Crippen molar-refractivity contribution in [1.82, 2.24) is 24.0 Å². The maximum absolute atomic E-state index is 12.5. The Hall–Kier alpha value is -3.10. The lowest BCUT2D eigenvalue weighted by Crippen LogP contribution is -2.43. The number of hydrogen-bond acceptors (Lipinski definition) is 5. The summed E-state index contributed by atoms with van der Waals surface area (Å²) in [6, 6.07) is 3.58. The molecule has 0 saturated carbocycles. The van der Waals surface area contributed by atoms with Crippen molar-refractivity contribution in [2.24, 2.45) is 14.1 Å². The maximum atomic E-state index is 12.5. The number of fused-ring (bicyclic) bond motifs is 1. The third kappa shape index (κ3) is 2.75. The quantitative estimate of drug-likeness (QED) is 0.671. The Morgan fingerprint density at radius 2 is 2.12 bits per heavy atom. The minimum atomic E-state index is -0.576. The minimum Gasteiger partial charge on any atom is -0.469 e. The maximum Gasteiger partial charge on any atom is 0.332 e. The van der Waals surface area contributed by atoms with Crippen molar-refractivity contribution in [2.75, 3.05) is 6.54 Å². The van der Waals surface area contributed by atoms with Gasteiger partial charge < -0.3 is 14.3 Å². The number of carbonyl (C=O) groups excluding carboxylic acids is 1. The Kier molecular flexibility index (Phi) is 4.07. The third-order valence-electron chi connectivity index (χ3n) is 3.78. The number of amides is 1. The van der Waals surface area contributed by atoms with Crippen LogP contribution in [0.15, 0.2) is 38.7 Å². The van der Waals surface area contributed by atoms with Crippen LogP contribution < -0.4 is 16.6 Å². The topological polar surface area (TPSA) is 104 Å². The van der Waals surface area contributed by atoms with Crippen LogP contribution in [0, 0.1) is 0 Å². The normalized spacial score (nSPS) is 11.1. The van der Waals surface area contributed by atoms with E-state index in [1.807, 2.05) is 6.07 Å². The fourth-order valence-corrected chi connectivity index (χ4v) is 2.52. The minimum absolute atomic E-state index is 0.278. The predicted molar refractivity (Wildman–Crippen MR) is 85.6 cm³/mol. The summed E-state index contributed by atoms with van der Waals surface area (Å²) in [6.07, 6.45) is 3.55. The summed E-state index contributed by atoms with van der Waals surface area (Å²) >= 11 is 0. The summed E-state index contributed by atoms with van der Waals surface area (Å²) in [5, 5.41) is 2.67. The van der Waals surface area contributed by atoms with Gasteiger partial charge in [-0.15, -0.1) is 0 Å². The average Bonchev–Trinajstić information content (AvgIpc) is 3.19. The lowest BCUT2D eigenvalue weighted by Gasteiger charge is -2.09. The molecular formula is C15H17N5O4. The molecule has 0 aliphatic heterocycles. The van der Waals surface area contributed by atoms with Crippen molar-refractivity contribution in [3.8, 4) is 0 Å². The SMILES string of the molecule is Cn1cnc2c1c(=O)n(CC(=O)NCCc1ccco1)c(=O)n2C. The van der Waals surface area contributed by atoms with Crippen molar-refractivity contribution < 1.29 is 9.21 Å². The molecule has 0 spiro atoms. The molecule has 1 N–H and O–H groups in total. The number of rotatable bonds is 5. The molecule has 126 valence electrons. The zero-order valence-electron chi connectivity index (χ0n) is 13.4. The van der Waals surface area contributed by atoms with Gasteiger partial charge in [-0.1, -0.05) is 0 Å². The highest BCUT2D eigenvalue weighted by atomic mass is 16.3.